The van der Waals surface area contributed by atoms with Crippen LogP contribution < -0.4 is 4.74 Å². The lowest BCUT2D eigenvalue weighted by molar-refractivity contribution is 0.337. The summed E-state index contributed by atoms with van der Waals surface area (Å²) in [4.78, 5) is 0.261. The minimum absolute atomic E-state index is 0.261. The summed E-state index contributed by atoms with van der Waals surface area (Å²) in [6.07, 6.45) is 1.64. The molecule has 0 fully saturated rings. The lowest BCUT2D eigenvalue weighted by Gasteiger charge is -2.18. The predicted molar refractivity (Wildman–Crippen MR) is 84.3 cm³/mol. The number of rotatable bonds is 6. The summed E-state index contributed by atoms with van der Waals surface area (Å²) in [7, 11) is -1.99. The van der Waals surface area contributed by atoms with Crippen molar-refractivity contribution in [3.8, 4) is 5.75 Å². The number of ether oxygens (including phenoxy) is 1. The lowest BCUT2D eigenvalue weighted by Crippen LogP contribution is -2.26. The average molecular weight is 323 g/mol. The van der Waals surface area contributed by atoms with Crippen LogP contribution in [0.5, 0.6) is 5.75 Å². The van der Waals surface area contributed by atoms with Crippen molar-refractivity contribution in [3.05, 3.63) is 41.2 Å². The number of hydrogen-bond donors (Lipinski definition) is 1. The number of nitrogens with zero attached hydrogens (tertiary/aromatic N) is 2. The second-order valence-corrected chi connectivity index (χ2v) is 7.19. The number of H-pyrrole nitrogens is 1. The first-order chi connectivity index (χ1) is 10.4. The molecular formula is C15H21N3O3S. The van der Waals surface area contributed by atoms with Gasteiger partial charge in [-0.15, -0.1) is 0 Å². The summed E-state index contributed by atoms with van der Waals surface area (Å²) in [5.41, 5.74) is 2.52. The second kappa shape index (κ2) is 6.50. The van der Waals surface area contributed by atoms with Gasteiger partial charge in [-0.25, -0.2) is 8.42 Å². The van der Waals surface area contributed by atoms with E-state index in [0.717, 1.165) is 16.8 Å². The van der Waals surface area contributed by atoms with Gasteiger partial charge < -0.3 is 4.74 Å². The highest BCUT2D eigenvalue weighted by Crippen LogP contribution is 2.24. The van der Waals surface area contributed by atoms with Gasteiger partial charge in [0.2, 0.25) is 10.0 Å². The third-order valence-corrected chi connectivity index (χ3v) is 5.28. The van der Waals surface area contributed by atoms with Crippen LogP contribution in [0.1, 0.15) is 23.7 Å². The SMILES string of the molecule is CCOc1ccc(S(=O)(=O)N(C)Cc2cn[nH]c2C)cc1C. The molecule has 0 aliphatic heterocycles. The summed E-state index contributed by atoms with van der Waals surface area (Å²) in [6, 6.07) is 4.91. The average Bonchev–Trinajstić information content (AvgIpc) is 2.86. The number of benzene rings is 1. The Labute approximate surface area is 131 Å². The Morgan fingerprint density at radius 3 is 2.59 bits per heavy atom. The fraction of sp³-hybridized carbons (Fsp3) is 0.400. The molecule has 22 heavy (non-hydrogen) atoms. The summed E-state index contributed by atoms with van der Waals surface area (Å²) in [6.45, 7) is 6.42. The fourth-order valence-electron chi connectivity index (χ4n) is 2.14. The third-order valence-electron chi connectivity index (χ3n) is 3.48. The second-order valence-electron chi connectivity index (χ2n) is 5.14. The van der Waals surface area contributed by atoms with E-state index in [0.29, 0.717) is 12.4 Å². The van der Waals surface area contributed by atoms with E-state index in [2.05, 4.69) is 10.2 Å². The van der Waals surface area contributed by atoms with Crippen molar-refractivity contribution < 1.29 is 13.2 Å². The monoisotopic (exact) mass is 323 g/mol. The molecule has 0 unspecified atom stereocenters. The van der Waals surface area contributed by atoms with Gasteiger partial charge >= 0.3 is 0 Å². The van der Waals surface area contributed by atoms with Crippen LogP contribution in [-0.2, 0) is 16.6 Å². The maximum absolute atomic E-state index is 12.6. The van der Waals surface area contributed by atoms with Gasteiger partial charge in [-0.05, 0) is 44.5 Å². The minimum Gasteiger partial charge on any atom is -0.494 e. The molecule has 1 aromatic carbocycles. The Balaban J connectivity index is 2.26. The zero-order chi connectivity index (χ0) is 16.3. The molecule has 1 aromatic heterocycles. The Morgan fingerprint density at radius 1 is 1.32 bits per heavy atom. The molecule has 120 valence electrons. The molecule has 7 heteroatoms. The van der Waals surface area contributed by atoms with Gasteiger partial charge in [-0.1, -0.05) is 0 Å². The molecule has 1 heterocycles. The Kier molecular flexibility index (Phi) is 4.87. The Bertz CT molecular complexity index is 753. The molecule has 6 nitrogen and oxygen atoms in total. The van der Waals surface area contributed by atoms with Crippen molar-refractivity contribution in [2.75, 3.05) is 13.7 Å². The standard InChI is InChI=1S/C15H21N3O3S/c1-5-21-15-7-6-14(8-11(15)2)22(19,20)18(4)10-13-9-16-17-12(13)3/h6-9H,5,10H2,1-4H3,(H,16,17). The van der Waals surface area contributed by atoms with Gasteiger partial charge in [-0.3, -0.25) is 5.10 Å². The molecule has 0 amide bonds. The van der Waals surface area contributed by atoms with Gasteiger partial charge in [0.05, 0.1) is 17.7 Å². The molecule has 0 saturated heterocycles. The largest absolute Gasteiger partial charge is 0.494 e. The van der Waals surface area contributed by atoms with Gasteiger partial charge in [0.1, 0.15) is 5.75 Å². The molecular weight excluding hydrogens is 302 g/mol. The molecule has 0 atom stereocenters. The smallest absolute Gasteiger partial charge is 0.243 e. The quantitative estimate of drug-likeness (QED) is 0.884. The van der Waals surface area contributed by atoms with Crippen LogP contribution in [0.15, 0.2) is 29.3 Å². The van der Waals surface area contributed by atoms with Crippen molar-refractivity contribution in [1.29, 1.82) is 0 Å². The van der Waals surface area contributed by atoms with Crippen LogP contribution in [0, 0.1) is 13.8 Å². The highest BCUT2D eigenvalue weighted by Gasteiger charge is 2.22. The van der Waals surface area contributed by atoms with Crippen LogP contribution in [0.3, 0.4) is 0 Å². The van der Waals surface area contributed by atoms with Gasteiger partial charge in [0, 0.05) is 24.8 Å². The summed E-state index contributed by atoms with van der Waals surface area (Å²) in [5, 5.41) is 6.72. The van der Waals surface area contributed by atoms with E-state index in [9.17, 15) is 8.42 Å². The van der Waals surface area contributed by atoms with Crippen molar-refractivity contribution >= 4 is 10.0 Å². The first-order valence-electron chi connectivity index (χ1n) is 7.05. The number of hydrogen-bond acceptors (Lipinski definition) is 4. The molecule has 0 bridgehead atoms. The topological polar surface area (TPSA) is 75.3 Å². The number of aromatic nitrogens is 2. The lowest BCUT2D eigenvalue weighted by atomic mass is 10.2. The predicted octanol–water partition coefficient (Wildman–Crippen LogP) is 2.25. The fourth-order valence-corrected chi connectivity index (χ4v) is 3.37. The van der Waals surface area contributed by atoms with Gasteiger partial charge in [-0.2, -0.15) is 9.40 Å². The van der Waals surface area contributed by atoms with Crippen molar-refractivity contribution in [3.63, 3.8) is 0 Å². The third kappa shape index (κ3) is 3.31. The van der Waals surface area contributed by atoms with Crippen LogP contribution in [0.2, 0.25) is 0 Å². The van der Waals surface area contributed by atoms with Crippen molar-refractivity contribution in [2.45, 2.75) is 32.2 Å². The molecule has 1 N–H and O–H groups in total. The summed E-state index contributed by atoms with van der Waals surface area (Å²) < 4.78 is 32.1. The molecule has 0 aliphatic rings. The Hall–Kier alpha value is -1.86. The van der Waals surface area contributed by atoms with Gasteiger partial charge in [0.25, 0.3) is 0 Å². The van der Waals surface area contributed by atoms with Crippen LogP contribution in [0.25, 0.3) is 0 Å². The van der Waals surface area contributed by atoms with Crippen molar-refractivity contribution in [1.82, 2.24) is 14.5 Å². The number of aryl methyl sites for hydroxylation is 2. The molecule has 0 aliphatic carbocycles. The molecule has 0 radical (unpaired) electrons. The summed E-state index contributed by atoms with van der Waals surface area (Å²) >= 11 is 0. The molecule has 0 saturated carbocycles. The van der Waals surface area contributed by atoms with E-state index in [1.54, 1.807) is 31.4 Å². The molecule has 2 rings (SSSR count). The Morgan fingerprint density at radius 2 is 2.05 bits per heavy atom. The van der Waals surface area contributed by atoms with Crippen LogP contribution in [-0.4, -0.2) is 36.6 Å². The van der Waals surface area contributed by atoms with E-state index in [1.165, 1.54) is 4.31 Å². The van der Waals surface area contributed by atoms with E-state index in [1.807, 2.05) is 20.8 Å². The number of aromatic amines is 1. The number of nitrogens with one attached hydrogen (secondary N) is 1. The maximum Gasteiger partial charge on any atom is 0.243 e. The van der Waals surface area contributed by atoms with E-state index in [-0.39, 0.29) is 11.4 Å². The van der Waals surface area contributed by atoms with E-state index < -0.39 is 10.0 Å². The first kappa shape index (κ1) is 16.5. The van der Waals surface area contributed by atoms with E-state index in [4.69, 9.17) is 4.74 Å². The highest BCUT2D eigenvalue weighted by atomic mass is 32.2. The molecule has 0 spiro atoms. The maximum atomic E-state index is 12.6. The molecule has 2 aromatic rings. The van der Waals surface area contributed by atoms with E-state index >= 15 is 0 Å². The normalized spacial score (nSPS) is 11.9. The zero-order valence-corrected chi connectivity index (χ0v) is 14.1. The highest BCUT2D eigenvalue weighted by molar-refractivity contribution is 7.89. The van der Waals surface area contributed by atoms with Crippen molar-refractivity contribution in [2.24, 2.45) is 0 Å². The van der Waals surface area contributed by atoms with Crippen LogP contribution >= 0.6 is 0 Å². The zero-order valence-electron chi connectivity index (χ0n) is 13.3. The minimum atomic E-state index is -3.55. The first-order valence-corrected chi connectivity index (χ1v) is 8.49. The van der Waals surface area contributed by atoms with Crippen LogP contribution in [0.4, 0.5) is 0 Å². The summed E-state index contributed by atoms with van der Waals surface area (Å²) in [5.74, 6) is 0.704. The van der Waals surface area contributed by atoms with Gasteiger partial charge in [0.15, 0.2) is 0 Å². The number of sulfonamides is 1.